The first kappa shape index (κ1) is 15.6. The number of halogens is 1. The van der Waals surface area contributed by atoms with Gasteiger partial charge in [0.15, 0.2) is 0 Å². The standard InChI is InChI=1S/C16H25ClN2O/c1-18-14-6-8-15(9-7-14)19(2)10-11-20-16-5-3-4-13(17)12-16/h3-5,12,14-15,18H,6-11H2,1-2H3. The van der Waals surface area contributed by atoms with Crippen LogP contribution in [0.4, 0.5) is 0 Å². The van der Waals surface area contributed by atoms with Gasteiger partial charge in [-0.3, -0.25) is 0 Å². The Morgan fingerprint density at radius 3 is 2.70 bits per heavy atom. The monoisotopic (exact) mass is 296 g/mol. The molecule has 1 aromatic rings. The van der Waals surface area contributed by atoms with Gasteiger partial charge in [0.25, 0.3) is 0 Å². The number of benzene rings is 1. The van der Waals surface area contributed by atoms with Crippen molar-refractivity contribution in [3.63, 3.8) is 0 Å². The third kappa shape index (κ3) is 4.65. The molecule has 0 radical (unpaired) electrons. The van der Waals surface area contributed by atoms with Gasteiger partial charge in [0.1, 0.15) is 12.4 Å². The molecule has 0 bridgehead atoms. The van der Waals surface area contributed by atoms with Gasteiger partial charge in [-0.1, -0.05) is 17.7 Å². The molecule has 1 aliphatic rings. The van der Waals surface area contributed by atoms with Gasteiger partial charge >= 0.3 is 0 Å². The van der Waals surface area contributed by atoms with E-state index in [0.717, 1.165) is 17.3 Å². The molecule has 0 spiro atoms. The van der Waals surface area contributed by atoms with Crippen molar-refractivity contribution in [2.24, 2.45) is 0 Å². The van der Waals surface area contributed by atoms with Crippen LogP contribution in [-0.2, 0) is 0 Å². The SMILES string of the molecule is CNC1CCC(N(C)CCOc2cccc(Cl)c2)CC1. The maximum absolute atomic E-state index is 5.94. The summed E-state index contributed by atoms with van der Waals surface area (Å²) in [4.78, 5) is 2.43. The fourth-order valence-corrected chi connectivity index (χ4v) is 3.03. The number of nitrogens with one attached hydrogen (secondary N) is 1. The van der Waals surface area contributed by atoms with Crippen LogP contribution < -0.4 is 10.1 Å². The van der Waals surface area contributed by atoms with Crippen molar-refractivity contribution in [2.45, 2.75) is 37.8 Å². The van der Waals surface area contributed by atoms with E-state index < -0.39 is 0 Å². The quantitative estimate of drug-likeness (QED) is 0.872. The smallest absolute Gasteiger partial charge is 0.120 e. The van der Waals surface area contributed by atoms with Gasteiger partial charge in [-0.05, 0) is 58.0 Å². The highest BCUT2D eigenvalue weighted by Gasteiger charge is 2.22. The number of hydrogen-bond acceptors (Lipinski definition) is 3. The molecule has 1 N–H and O–H groups in total. The molecular weight excluding hydrogens is 272 g/mol. The largest absolute Gasteiger partial charge is 0.492 e. The van der Waals surface area contributed by atoms with E-state index in [-0.39, 0.29) is 0 Å². The molecule has 112 valence electrons. The summed E-state index contributed by atoms with van der Waals surface area (Å²) in [6, 6.07) is 9.00. The Kier molecular flexibility index (Phi) is 6.14. The van der Waals surface area contributed by atoms with Gasteiger partial charge in [0.2, 0.25) is 0 Å². The third-order valence-electron chi connectivity index (χ3n) is 4.24. The second-order valence-corrected chi connectivity index (χ2v) is 6.02. The summed E-state index contributed by atoms with van der Waals surface area (Å²) in [5.74, 6) is 0.852. The van der Waals surface area contributed by atoms with Gasteiger partial charge in [0, 0.05) is 23.7 Å². The molecule has 1 aliphatic carbocycles. The maximum Gasteiger partial charge on any atom is 0.120 e. The second kappa shape index (κ2) is 7.87. The van der Waals surface area contributed by atoms with Crippen molar-refractivity contribution in [2.75, 3.05) is 27.2 Å². The number of hydrogen-bond donors (Lipinski definition) is 1. The van der Waals surface area contributed by atoms with Crippen LogP contribution in [0.25, 0.3) is 0 Å². The van der Waals surface area contributed by atoms with Crippen LogP contribution in [0.5, 0.6) is 5.75 Å². The zero-order chi connectivity index (χ0) is 14.4. The summed E-state index contributed by atoms with van der Waals surface area (Å²) in [5.41, 5.74) is 0. The Labute approximate surface area is 127 Å². The molecule has 0 aliphatic heterocycles. The van der Waals surface area contributed by atoms with Crippen LogP contribution in [0.1, 0.15) is 25.7 Å². The lowest BCUT2D eigenvalue weighted by Crippen LogP contribution is -2.41. The van der Waals surface area contributed by atoms with Crippen molar-refractivity contribution < 1.29 is 4.74 Å². The van der Waals surface area contributed by atoms with Crippen LogP contribution in [0, 0.1) is 0 Å². The topological polar surface area (TPSA) is 24.5 Å². The first-order chi connectivity index (χ1) is 9.69. The molecule has 0 aromatic heterocycles. The van der Waals surface area contributed by atoms with E-state index in [1.807, 2.05) is 24.3 Å². The summed E-state index contributed by atoms with van der Waals surface area (Å²) in [7, 11) is 4.26. The second-order valence-electron chi connectivity index (χ2n) is 5.58. The summed E-state index contributed by atoms with van der Waals surface area (Å²) < 4.78 is 5.75. The Hall–Kier alpha value is -0.770. The molecule has 0 heterocycles. The Morgan fingerprint density at radius 2 is 2.05 bits per heavy atom. The lowest BCUT2D eigenvalue weighted by Gasteiger charge is -2.34. The Balaban J connectivity index is 1.69. The molecular formula is C16H25ClN2O. The van der Waals surface area contributed by atoms with E-state index in [9.17, 15) is 0 Å². The molecule has 1 aromatic carbocycles. The fraction of sp³-hybridized carbons (Fsp3) is 0.625. The molecule has 0 saturated heterocycles. The number of nitrogens with zero attached hydrogens (tertiary/aromatic N) is 1. The zero-order valence-corrected chi connectivity index (χ0v) is 13.2. The van der Waals surface area contributed by atoms with E-state index >= 15 is 0 Å². The molecule has 0 unspecified atom stereocenters. The predicted molar refractivity (Wildman–Crippen MR) is 84.7 cm³/mol. The summed E-state index contributed by atoms with van der Waals surface area (Å²) in [6.07, 6.45) is 5.11. The van der Waals surface area contributed by atoms with E-state index in [2.05, 4.69) is 24.3 Å². The summed E-state index contributed by atoms with van der Waals surface area (Å²) >= 11 is 5.94. The highest BCUT2D eigenvalue weighted by atomic mass is 35.5. The Bertz CT molecular complexity index is 405. The van der Waals surface area contributed by atoms with Gasteiger partial charge in [-0.2, -0.15) is 0 Å². The zero-order valence-electron chi connectivity index (χ0n) is 12.4. The normalized spacial score (nSPS) is 23.0. The van der Waals surface area contributed by atoms with Gasteiger partial charge in [0.05, 0.1) is 0 Å². The minimum Gasteiger partial charge on any atom is -0.492 e. The number of ether oxygens (including phenoxy) is 1. The van der Waals surface area contributed by atoms with Crippen LogP contribution in [-0.4, -0.2) is 44.2 Å². The van der Waals surface area contributed by atoms with Crippen LogP contribution in [0.3, 0.4) is 0 Å². The van der Waals surface area contributed by atoms with E-state index in [0.29, 0.717) is 18.7 Å². The average Bonchev–Trinajstić information content (AvgIpc) is 2.47. The lowest BCUT2D eigenvalue weighted by atomic mass is 9.90. The summed E-state index contributed by atoms with van der Waals surface area (Å²) in [5, 5.41) is 4.10. The molecule has 0 atom stereocenters. The van der Waals surface area contributed by atoms with Gasteiger partial charge < -0.3 is 15.0 Å². The first-order valence-corrected chi connectivity index (χ1v) is 7.82. The first-order valence-electron chi connectivity index (χ1n) is 7.45. The Morgan fingerprint density at radius 1 is 1.30 bits per heavy atom. The van der Waals surface area contributed by atoms with Crippen molar-refractivity contribution in [3.05, 3.63) is 29.3 Å². The molecule has 1 saturated carbocycles. The number of likely N-dealkylation sites (N-methyl/N-ethyl adjacent to an activating group) is 1. The van der Waals surface area contributed by atoms with Crippen LogP contribution in [0.2, 0.25) is 5.02 Å². The van der Waals surface area contributed by atoms with E-state index in [1.54, 1.807) is 0 Å². The van der Waals surface area contributed by atoms with Crippen LogP contribution in [0.15, 0.2) is 24.3 Å². The third-order valence-corrected chi connectivity index (χ3v) is 4.47. The van der Waals surface area contributed by atoms with Crippen molar-refractivity contribution >= 4 is 11.6 Å². The van der Waals surface area contributed by atoms with E-state index in [4.69, 9.17) is 16.3 Å². The summed E-state index contributed by atoms with van der Waals surface area (Å²) in [6.45, 7) is 1.67. The van der Waals surface area contributed by atoms with Crippen molar-refractivity contribution in [3.8, 4) is 5.75 Å². The minimum absolute atomic E-state index is 0.697. The average molecular weight is 297 g/mol. The predicted octanol–water partition coefficient (Wildman–Crippen LogP) is 3.18. The highest BCUT2D eigenvalue weighted by Crippen LogP contribution is 2.22. The van der Waals surface area contributed by atoms with E-state index in [1.165, 1.54) is 25.7 Å². The van der Waals surface area contributed by atoms with Gasteiger partial charge in [-0.15, -0.1) is 0 Å². The number of rotatable bonds is 6. The molecule has 2 rings (SSSR count). The van der Waals surface area contributed by atoms with Crippen molar-refractivity contribution in [1.29, 1.82) is 0 Å². The molecule has 3 nitrogen and oxygen atoms in total. The van der Waals surface area contributed by atoms with Crippen LogP contribution >= 0.6 is 11.6 Å². The van der Waals surface area contributed by atoms with Gasteiger partial charge in [-0.25, -0.2) is 0 Å². The minimum atomic E-state index is 0.697. The molecule has 0 amide bonds. The highest BCUT2D eigenvalue weighted by molar-refractivity contribution is 6.30. The molecule has 4 heteroatoms. The molecule has 20 heavy (non-hydrogen) atoms. The maximum atomic E-state index is 5.94. The fourth-order valence-electron chi connectivity index (χ4n) is 2.85. The van der Waals surface area contributed by atoms with Crippen molar-refractivity contribution in [1.82, 2.24) is 10.2 Å². The molecule has 1 fully saturated rings. The lowest BCUT2D eigenvalue weighted by molar-refractivity contribution is 0.150.